The molecule has 0 fully saturated rings. The van der Waals surface area contributed by atoms with E-state index in [9.17, 15) is 14.7 Å². The van der Waals surface area contributed by atoms with Gasteiger partial charge in [-0.25, -0.2) is 0 Å². The highest BCUT2D eigenvalue weighted by Gasteiger charge is 2.22. The second kappa shape index (κ2) is 9.32. The Hall–Kier alpha value is -4.68. The molecule has 1 aliphatic heterocycles. The minimum Gasteiger partial charge on any atom is -0.507 e. The Bertz CT molecular complexity index is 1890. The van der Waals surface area contributed by atoms with Gasteiger partial charge in [0.25, 0.3) is 0 Å². The Morgan fingerprint density at radius 3 is 2.63 bits per heavy atom. The van der Waals surface area contributed by atoms with E-state index in [1.54, 1.807) is 30.3 Å². The fraction of sp³-hybridized carbons (Fsp3) is 0.0645. The number of nitrogens with one attached hydrogen (secondary N) is 1. The number of aryl methyl sites for hydroxylation is 1. The molecule has 1 aromatic heterocycles. The van der Waals surface area contributed by atoms with Crippen LogP contribution in [0.3, 0.4) is 0 Å². The molecule has 0 unspecified atom stereocenters. The topological polar surface area (TPSA) is 92.4 Å². The molecule has 3 aromatic carbocycles. The highest BCUT2D eigenvalue weighted by molar-refractivity contribution is 6.31. The number of carbonyl (C=O) groups is 1. The number of aromatic nitrogens is 1. The molecule has 0 spiro atoms. The van der Waals surface area contributed by atoms with E-state index < -0.39 is 0 Å². The number of hydrogen-bond acceptors (Lipinski definition) is 6. The highest BCUT2D eigenvalue weighted by atomic mass is 35.5. The van der Waals surface area contributed by atoms with Gasteiger partial charge < -0.3 is 14.8 Å². The number of halogens is 1. The number of hydrogen-bond donors (Lipinski definition) is 2. The molecule has 0 saturated heterocycles. The molecule has 0 atom stereocenters. The van der Waals surface area contributed by atoms with Gasteiger partial charge in [-0.2, -0.15) is 0 Å². The molecule has 38 heavy (non-hydrogen) atoms. The zero-order chi connectivity index (χ0) is 26.4. The van der Waals surface area contributed by atoms with Crippen molar-refractivity contribution in [2.24, 2.45) is 0 Å². The average Bonchev–Trinajstić information content (AvgIpc) is 2.92. The lowest BCUT2D eigenvalue weighted by Crippen LogP contribution is -2.05. The number of phenolic OH excluding ortho intramolecular Hbond substituents is 1. The van der Waals surface area contributed by atoms with Crippen LogP contribution in [0.4, 0.5) is 5.69 Å². The molecule has 2 aliphatic rings. The number of aldehydes is 1. The number of para-hydroxylation sites is 1. The van der Waals surface area contributed by atoms with Gasteiger partial charge in [-0.3, -0.25) is 14.6 Å². The molecule has 6 nitrogen and oxygen atoms in total. The van der Waals surface area contributed by atoms with Crippen molar-refractivity contribution in [1.29, 1.82) is 0 Å². The van der Waals surface area contributed by atoms with Gasteiger partial charge in [0.05, 0.1) is 21.8 Å². The number of phenols is 1. The maximum Gasteiger partial charge on any atom is 0.200 e. The summed E-state index contributed by atoms with van der Waals surface area (Å²) in [4.78, 5) is 28.3. The van der Waals surface area contributed by atoms with E-state index in [2.05, 4.69) is 10.3 Å². The first-order chi connectivity index (χ1) is 18.4. The van der Waals surface area contributed by atoms with Gasteiger partial charge in [0, 0.05) is 45.8 Å². The molecule has 7 heteroatoms. The number of aromatic hydroxyl groups is 1. The molecule has 1 aliphatic carbocycles. The summed E-state index contributed by atoms with van der Waals surface area (Å²) in [7, 11) is 0. The van der Waals surface area contributed by atoms with E-state index in [1.165, 1.54) is 6.07 Å². The Labute approximate surface area is 222 Å². The maximum absolute atomic E-state index is 12.4. The number of rotatable bonds is 5. The molecule has 186 valence electrons. The second-order valence-electron chi connectivity index (χ2n) is 9.12. The van der Waals surface area contributed by atoms with Crippen LogP contribution in [0.15, 0.2) is 88.1 Å². The van der Waals surface area contributed by atoms with Gasteiger partial charge in [-0.1, -0.05) is 54.1 Å². The molecule has 0 bridgehead atoms. The van der Waals surface area contributed by atoms with Crippen molar-refractivity contribution in [2.75, 3.05) is 5.32 Å². The van der Waals surface area contributed by atoms with Crippen molar-refractivity contribution in [1.82, 2.24) is 4.98 Å². The summed E-state index contributed by atoms with van der Waals surface area (Å²) >= 11 is 6.22. The third-order valence-corrected chi connectivity index (χ3v) is 6.97. The number of anilines is 1. The first-order valence-corrected chi connectivity index (χ1v) is 12.4. The van der Waals surface area contributed by atoms with Gasteiger partial charge in [0.2, 0.25) is 5.43 Å². The van der Waals surface area contributed by atoms with Crippen molar-refractivity contribution < 1.29 is 14.3 Å². The molecular weight excluding hydrogens is 500 g/mol. The van der Waals surface area contributed by atoms with Gasteiger partial charge >= 0.3 is 0 Å². The second-order valence-corrected chi connectivity index (χ2v) is 9.53. The molecule has 2 heterocycles. The summed E-state index contributed by atoms with van der Waals surface area (Å²) in [6.07, 6.45) is 0.784. The Kier molecular flexibility index (Phi) is 5.81. The van der Waals surface area contributed by atoms with E-state index in [4.69, 9.17) is 16.0 Å². The van der Waals surface area contributed by atoms with Crippen LogP contribution in [0.5, 0.6) is 5.75 Å². The van der Waals surface area contributed by atoms with Gasteiger partial charge in [0.15, 0.2) is 0 Å². The van der Waals surface area contributed by atoms with Crippen LogP contribution in [0.25, 0.3) is 44.3 Å². The summed E-state index contributed by atoms with van der Waals surface area (Å²) in [5, 5.41) is 16.1. The summed E-state index contributed by atoms with van der Waals surface area (Å²) in [6.45, 7) is 2.19. The highest BCUT2D eigenvalue weighted by Crippen LogP contribution is 2.43. The van der Waals surface area contributed by atoms with Crippen LogP contribution in [0, 0.1) is 6.92 Å². The predicted molar refractivity (Wildman–Crippen MR) is 150 cm³/mol. The Balaban J connectivity index is 1.56. The van der Waals surface area contributed by atoms with Crippen LogP contribution in [0.1, 0.15) is 21.6 Å². The monoisotopic (exact) mass is 520 g/mol. The minimum atomic E-state index is -0.360. The fourth-order valence-electron chi connectivity index (χ4n) is 4.78. The van der Waals surface area contributed by atoms with Crippen LogP contribution in [-0.2, 0) is 6.54 Å². The van der Waals surface area contributed by atoms with Crippen molar-refractivity contribution in [3.63, 3.8) is 0 Å². The standard InChI is InChI=1S/C31H21ClN2O4/c1-17-5-8-20-3-2-4-25(30(20)34-17)33-15-23-26(36)12-11-21-29(19-9-6-18(16-35)7-10-19)22-13-24(32)27(37)14-28(22)38-31(21)23/h2-14,16,33,36H,15H2,1H3. The lowest BCUT2D eigenvalue weighted by atomic mass is 9.92. The summed E-state index contributed by atoms with van der Waals surface area (Å²) in [5.74, 6) is 0.395. The summed E-state index contributed by atoms with van der Waals surface area (Å²) in [5.41, 5.74) is 5.95. The largest absolute Gasteiger partial charge is 0.507 e. The SMILES string of the molecule is Cc1ccc2cccc(NCc3c(O)ccc4c(-c5ccc(C=O)cc5)c5cc(Cl)c(=O)cc-5oc34)c2n1. The van der Waals surface area contributed by atoms with Crippen molar-refractivity contribution in [3.05, 3.63) is 111 Å². The average molecular weight is 521 g/mol. The lowest BCUT2D eigenvalue weighted by molar-refractivity contribution is 0.112. The number of fused-ring (bicyclic) bond motifs is 3. The van der Waals surface area contributed by atoms with E-state index in [0.717, 1.165) is 45.1 Å². The van der Waals surface area contributed by atoms with Gasteiger partial charge in [-0.05, 0) is 42.8 Å². The molecule has 2 N–H and O–H groups in total. The predicted octanol–water partition coefficient (Wildman–Crippen LogP) is 7.21. The minimum absolute atomic E-state index is 0.0519. The fourth-order valence-corrected chi connectivity index (χ4v) is 4.95. The van der Waals surface area contributed by atoms with E-state index in [1.807, 2.05) is 49.4 Å². The number of carbonyl (C=O) groups excluding carboxylic acids is 1. The third-order valence-electron chi connectivity index (χ3n) is 6.67. The maximum atomic E-state index is 12.4. The zero-order valence-electron chi connectivity index (χ0n) is 20.3. The van der Waals surface area contributed by atoms with E-state index in [0.29, 0.717) is 28.0 Å². The van der Waals surface area contributed by atoms with Crippen LogP contribution in [0.2, 0.25) is 5.02 Å². The molecule has 0 saturated carbocycles. The summed E-state index contributed by atoms with van der Waals surface area (Å²) in [6, 6.07) is 23.4. The van der Waals surface area contributed by atoms with E-state index in [-0.39, 0.29) is 22.7 Å². The number of nitrogens with zero attached hydrogens (tertiary/aromatic N) is 1. The smallest absolute Gasteiger partial charge is 0.200 e. The number of benzene rings is 4. The molecule has 0 amide bonds. The molecule has 4 aromatic rings. The Morgan fingerprint density at radius 1 is 1.03 bits per heavy atom. The van der Waals surface area contributed by atoms with E-state index >= 15 is 0 Å². The van der Waals surface area contributed by atoms with Gasteiger partial charge in [-0.15, -0.1) is 0 Å². The van der Waals surface area contributed by atoms with Crippen molar-refractivity contribution in [2.45, 2.75) is 13.5 Å². The van der Waals surface area contributed by atoms with Crippen LogP contribution in [-0.4, -0.2) is 16.4 Å². The third kappa shape index (κ3) is 4.05. The van der Waals surface area contributed by atoms with Crippen LogP contribution < -0.4 is 10.7 Å². The zero-order valence-corrected chi connectivity index (χ0v) is 21.0. The van der Waals surface area contributed by atoms with Crippen LogP contribution >= 0.6 is 11.6 Å². The first-order valence-electron chi connectivity index (χ1n) is 12.0. The molecule has 0 radical (unpaired) electrons. The lowest BCUT2D eigenvalue weighted by Gasteiger charge is -2.18. The normalized spacial score (nSPS) is 11.3. The number of pyridine rings is 1. The van der Waals surface area contributed by atoms with Crippen molar-refractivity contribution in [3.8, 4) is 28.2 Å². The van der Waals surface area contributed by atoms with Crippen molar-refractivity contribution >= 4 is 45.4 Å². The Morgan fingerprint density at radius 2 is 1.84 bits per heavy atom. The summed E-state index contributed by atoms with van der Waals surface area (Å²) < 4.78 is 6.27. The molecule has 6 rings (SSSR count). The first kappa shape index (κ1) is 23.7. The van der Waals surface area contributed by atoms with Gasteiger partial charge in [0.1, 0.15) is 23.4 Å². The quantitative estimate of drug-likeness (QED) is 0.184. The molecular formula is C31H21ClN2O4.